The summed E-state index contributed by atoms with van der Waals surface area (Å²) in [6.07, 6.45) is 0.971. The number of nitrogens with zero attached hydrogens (tertiary/aromatic N) is 1. The van der Waals surface area contributed by atoms with Gasteiger partial charge in [0.1, 0.15) is 0 Å². The van der Waals surface area contributed by atoms with Crippen LogP contribution in [0.3, 0.4) is 0 Å². The van der Waals surface area contributed by atoms with Gasteiger partial charge in [-0.2, -0.15) is 0 Å². The molecule has 3 aromatic rings. The first kappa shape index (κ1) is 21.5. The second-order valence-electron chi connectivity index (χ2n) is 8.31. The Hall–Kier alpha value is -2.76. The number of benzene rings is 3. The van der Waals surface area contributed by atoms with E-state index in [0.717, 1.165) is 17.7 Å². The number of Topliss-reactive ketones (excluding diaryl/α,β-unsaturated/α-hetero) is 1. The summed E-state index contributed by atoms with van der Waals surface area (Å²) in [6.45, 7) is 3.49. The van der Waals surface area contributed by atoms with Crippen molar-refractivity contribution in [1.82, 2.24) is 4.90 Å². The van der Waals surface area contributed by atoms with Crippen molar-refractivity contribution in [3.63, 3.8) is 0 Å². The molecule has 1 aliphatic heterocycles. The van der Waals surface area contributed by atoms with E-state index >= 15 is 0 Å². The summed E-state index contributed by atoms with van der Waals surface area (Å²) in [6, 6.07) is 25.6. The minimum atomic E-state index is -3.90. The van der Waals surface area contributed by atoms with Gasteiger partial charge in [0.05, 0.1) is 4.90 Å². The topological polar surface area (TPSA) is 54.5 Å². The highest BCUT2D eigenvalue weighted by Crippen LogP contribution is 2.38. The number of hydrogen-bond acceptors (Lipinski definition) is 4. The summed E-state index contributed by atoms with van der Waals surface area (Å²) >= 11 is 0. The van der Waals surface area contributed by atoms with E-state index in [-0.39, 0.29) is 17.2 Å². The zero-order valence-electron chi connectivity index (χ0n) is 17.7. The first-order valence-corrected chi connectivity index (χ1v) is 12.1. The summed E-state index contributed by atoms with van der Waals surface area (Å²) < 4.78 is 26.5. The molecule has 1 aliphatic rings. The van der Waals surface area contributed by atoms with Crippen LogP contribution in [0.4, 0.5) is 0 Å². The molecule has 4 nitrogen and oxygen atoms in total. The third kappa shape index (κ3) is 4.21. The van der Waals surface area contributed by atoms with Crippen LogP contribution in [0.5, 0.6) is 0 Å². The molecule has 1 atom stereocenters. The summed E-state index contributed by atoms with van der Waals surface area (Å²) in [7, 11) is -3.90. The van der Waals surface area contributed by atoms with Crippen molar-refractivity contribution in [3.05, 3.63) is 102 Å². The third-order valence-corrected chi connectivity index (χ3v) is 8.52. The Kier molecular flexibility index (Phi) is 6.08. The summed E-state index contributed by atoms with van der Waals surface area (Å²) in [5.41, 5.74) is 2.54. The molecule has 4 rings (SSSR count). The SMILES string of the molecule is Cc1ccc(S(=O)(=O)[C@@]2(C(=O)c3ccccc3)CCCN(Cc3ccccc3)C2)cc1. The molecular weight excluding hydrogens is 406 g/mol. The van der Waals surface area contributed by atoms with Crippen molar-refractivity contribution < 1.29 is 13.2 Å². The van der Waals surface area contributed by atoms with Gasteiger partial charge in [0.15, 0.2) is 20.4 Å². The molecule has 0 aromatic heterocycles. The van der Waals surface area contributed by atoms with Crippen molar-refractivity contribution in [2.75, 3.05) is 13.1 Å². The van der Waals surface area contributed by atoms with Crippen LogP contribution in [-0.4, -0.2) is 36.9 Å². The molecule has 3 aromatic carbocycles. The number of carbonyl (C=O) groups excluding carboxylic acids is 1. The van der Waals surface area contributed by atoms with Crippen LogP contribution >= 0.6 is 0 Å². The molecule has 31 heavy (non-hydrogen) atoms. The zero-order chi connectivity index (χ0) is 21.9. The number of aryl methyl sites for hydroxylation is 1. The molecule has 1 fully saturated rings. The maximum absolute atomic E-state index is 14.0. The van der Waals surface area contributed by atoms with Gasteiger partial charge in [0, 0.05) is 18.7 Å². The number of hydrogen-bond donors (Lipinski definition) is 0. The average Bonchev–Trinajstić information content (AvgIpc) is 2.80. The number of piperidine rings is 1. The highest BCUT2D eigenvalue weighted by Gasteiger charge is 2.53. The molecule has 0 spiro atoms. The molecular formula is C26H27NO3S. The molecule has 0 N–H and O–H groups in total. The molecule has 0 bridgehead atoms. The number of rotatable bonds is 6. The first-order valence-electron chi connectivity index (χ1n) is 10.6. The maximum atomic E-state index is 14.0. The Morgan fingerprint density at radius 2 is 1.52 bits per heavy atom. The van der Waals surface area contributed by atoms with Crippen molar-refractivity contribution in [2.24, 2.45) is 0 Å². The fourth-order valence-corrected chi connectivity index (χ4v) is 6.48. The molecule has 0 saturated carbocycles. The summed E-state index contributed by atoms with van der Waals surface area (Å²) in [4.78, 5) is 16.1. The highest BCUT2D eigenvalue weighted by atomic mass is 32.2. The Morgan fingerprint density at radius 3 is 2.16 bits per heavy atom. The Morgan fingerprint density at radius 1 is 0.903 bits per heavy atom. The quantitative estimate of drug-likeness (QED) is 0.530. The Bertz CT molecular complexity index is 1140. The third-order valence-electron chi connectivity index (χ3n) is 6.08. The van der Waals surface area contributed by atoms with E-state index in [1.54, 1.807) is 48.5 Å². The number of sulfone groups is 1. The maximum Gasteiger partial charge on any atom is 0.192 e. The highest BCUT2D eigenvalue weighted by molar-refractivity contribution is 7.93. The van der Waals surface area contributed by atoms with Gasteiger partial charge in [0.2, 0.25) is 0 Å². The van der Waals surface area contributed by atoms with Gasteiger partial charge in [-0.25, -0.2) is 8.42 Å². The molecule has 1 saturated heterocycles. The predicted octanol–water partition coefficient (Wildman–Crippen LogP) is 4.69. The van der Waals surface area contributed by atoms with Gasteiger partial charge >= 0.3 is 0 Å². The fraction of sp³-hybridized carbons (Fsp3) is 0.269. The van der Waals surface area contributed by atoms with E-state index in [0.29, 0.717) is 24.9 Å². The molecule has 0 aliphatic carbocycles. The van der Waals surface area contributed by atoms with E-state index < -0.39 is 14.6 Å². The number of ketones is 1. The lowest BCUT2D eigenvalue weighted by atomic mass is 9.88. The smallest absolute Gasteiger partial charge is 0.192 e. The molecule has 160 valence electrons. The predicted molar refractivity (Wildman–Crippen MR) is 123 cm³/mol. The van der Waals surface area contributed by atoms with Crippen molar-refractivity contribution in [3.8, 4) is 0 Å². The van der Waals surface area contributed by atoms with Crippen LogP contribution in [0.1, 0.15) is 34.3 Å². The van der Waals surface area contributed by atoms with Gasteiger partial charge in [-0.05, 0) is 44.0 Å². The number of likely N-dealkylation sites (tertiary alicyclic amines) is 1. The van der Waals surface area contributed by atoms with Crippen LogP contribution in [0, 0.1) is 6.92 Å². The van der Waals surface area contributed by atoms with Crippen molar-refractivity contribution in [1.29, 1.82) is 0 Å². The normalized spacial score (nSPS) is 19.8. The largest absolute Gasteiger partial charge is 0.297 e. The first-order chi connectivity index (χ1) is 14.9. The van der Waals surface area contributed by atoms with E-state index in [1.165, 1.54) is 0 Å². The van der Waals surface area contributed by atoms with Crippen LogP contribution in [0.15, 0.2) is 89.8 Å². The van der Waals surface area contributed by atoms with Gasteiger partial charge in [-0.1, -0.05) is 78.4 Å². The van der Waals surface area contributed by atoms with Crippen molar-refractivity contribution >= 4 is 15.6 Å². The second kappa shape index (κ2) is 8.77. The van der Waals surface area contributed by atoms with Gasteiger partial charge < -0.3 is 0 Å². The standard InChI is InChI=1S/C26H27NO3S/c1-21-13-15-24(16-14-21)31(29,30)26(25(28)23-11-6-3-7-12-23)17-8-18-27(20-26)19-22-9-4-2-5-10-22/h2-7,9-16H,8,17-20H2,1H3/t26-/m0/s1. The van der Waals surface area contributed by atoms with Crippen molar-refractivity contribution in [2.45, 2.75) is 36.0 Å². The summed E-state index contributed by atoms with van der Waals surface area (Å²) in [5, 5.41) is 0. The molecule has 5 heteroatoms. The van der Waals surface area contributed by atoms with Crippen LogP contribution in [0.2, 0.25) is 0 Å². The van der Waals surface area contributed by atoms with Crippen LogP contribution in [-0.2, 0) is 16.4 Å². The minimum Gasteiger partial charge on any atom is -0.297 e. The lowest BCUT2D eigenvalue weighted by Crippen LogP contribution is -2.57. The Balaban J connectivity index is 1.77. The average molecular weight is 434 g/mol. The molecule has 0 unspecified atom stereocenters. The zero-order valence-corrected chi connectivity index (χ0v) is 18.5. The van der Waals surface area contributed by atoms with Gasteiger partial charge in [-0.15, -0.1) is 0 Å². The van der Waals surface area contributed by atoms with Crippen LogP contribution < -0.4 is 0 Å². The lowest BCUT2D eigenvalue weighted by Gasteiger charge is -2.41. The van der Waals surface area contributed by atoms with E-state index in [2.05, 4.69) is 4.90 Å². The van der Waals surface area contributed by atoms with Crippen LogP contribution in [0.25, 0.3) is 0 Å². The second-order valence-corrected chi connectivity index (χ2v) is 10.6. The molecule has 1 heterocycles. The van der Waals surface area contributed by atoms with Gasteiger partial charge in [0.25, 0.3) is 0 Å². The summed E-state index contributed by atoms with van der Waals surface area (Å²) in [5.74, 6) is -0.313. The molecule has 0 amide bonds. The molecule has 0 radical (unpaired) electrons. The Labute approximate surface area is 184 Å². The monoisotopic (exact) mass is 433 g/mol. The van der Waals surface area contributed by atoms with E-state index in [9.17, 15) is 13.2 Å². The number of carbonyl (C=O) groups is 1. The fourth-order valence-electron chi connectivity index (χ4n) is 4.41. The van der Waals surface area contributed by atoms with E-state index in [4.69, 9.17) is 0 Å². The lowest BCUT2D eigenvalue weighted by molar-refractivity contribution is 0.0847. The van der Waals surface area contributed by atoms with Gasteiger partial charge in [-0.3, -0.25) is 9.69 Å². The minimum absolute atomic E-state index is 0.186. The van der Waals surface area contributed by atoms with E-state index in [1.807, 2.05) is 43.3 Å².